The summed E-state index contributed by atoms with van der Waals surface area (Å²) < 4.78 is 5.29. The van der Waals surface area contributed by atoms with Gasteiger partial charge in [0.15, 0.2) is 0 Å². The van der Waals surface area contributed by atoms with Gasteiger partial charge in [0.1, 0.15) is 12.5 Å². The molecule has 0 bridgehead atoms. The second-order valence-electron chi connectivity index (χ2n) is 2.25. The number of hydrogen-bond donors (Lipinski definition) is 1. The van der Waals surface area contributed by atoms with Crippen LogP contribution in [0, 0.1) is 6.07 Å². The molecule has 0 aromatic heterocycles. The van der Waals surface area contributed by atoms with E-state index in [0.717, 1.165) is 12.3 Å². The standard InChI is InChI=1S/C8H8NO/c1-2-4-8-7(3-1)5-9-6-10-8/h2-4,9H,5-6H2. The van der Waals surface area contributed by atoms with Crippen LogP contribution in [0.25, 0.3) is 0 Å². The molecule has 0 aliphatic carbocycles. The third-order valence-corrected chi connectivity index (χ3v) is 1.55. The van der Waals surface area contributed by atoms with Gasteiger partial charge in [-0.05, 0) is 18.2 Å². The van der Waals surface area contributed by atoms with Gasteiger partial charge in [0.2, 0.25) is 0 Å². The van der Waals surface area contributed by atoms with E-state index in [-0.39, 0.29) is 0 Å². The zero-order valence-electron chi connectivity index (χ0n) is 5.55. The van der Waals surface area contributed by atoms with Crippen LogP contribution in [0.4, 0.5) is 0 Å². The van der Waals surface area contributed by atoms with Crippen molar-refractivity contribution in [3.05, 3.63) is 29.8 Å². The third-order valence-electron chi connectivity index (χ3n) is 1.55. The Hall–Kier alpha value is -1.02. The van der Waals surface area contributed by atoms with E-state index in [1.165, 1.54) is 5.56 Å². The molecule has 2 nitrogen and oxygen atoms in total. The first-order valence-corrected chi connectivity index (χ1v) is 3.29. The lowest BCUT2D eigenvalue weighted by Crippen LogP contribution is -2.24. The van der Waals surface area contributed by atoms with E-state index in [4.69, 9.17) is 4.74 Å². The molecule has 10 heavy (non-hydrogen) atoms. The van der Waals surface area contributed by atoms with E-state index in [0.29, 0.717) is 6.73 Å². The van der Waals surface area contributed by atoms with Gasteiger partial charge in [0, 0.05) is 12.1 Å². The molecule has 0 amide bonds. The third kappa shape index (κ3) is 0.866. The van der Waals surface area contributed by atoms with Crippen molar-refractivity contribution >= 4 is 0 Å². The van der Waals surface area contributed by atoms with E-state index in [9.17, 15) is 0 Å². The molecule has 1 aliphatic rings. The Labute approximate surface area is 59.8 Å². The van der Waals surface area contributed by atoms with Gasteiger partial charge in [-0.1, -0.05) is 6.07 Å². The smallest absolute Gasteiger partial charge is 0.139 e. The van der Waals surface area contributed by atoms with Crippen LogP contribution in [-0.4, -0.2) is 6.73 Å². The first kappa shape index (κ1) is 5.74. The minimum Gasteiger partial charge on any atom is -0.478 e. The van der Waals surface area contributed by atoms with Crippen molar-refractivity contribution in [3.63, 3.8) is 0 Å². The maximum absolute atomic E-state index is 5.29. The topological polar surface area (TPSA) is 21.3 Å². The summed E-state index contributed by atoms with van der Waals surface area (Å²) in [6.45, 7) is 1.52. The van der Waals surface area contributed by atoms with Gasteiger partial charge in [0.05, 0.1) is 0 Å². The molecular formula is C8H8NO. The number of nitrogens with one attached hydrogen (secondary N) is 1. The van der Waals surface area contributed by atoms with Gasteiger partial charge in [-0.25, -0.2) is 0 Å². The van der Waals surface area contributed by atoms with E-state index >= 15 is 0 Å². The fraction of sp³-hybridized carbons (Fsp3) is 0.250. The van der Waals surface area contributed by atoms with Crippen molar-refractivity contribution < 1.29 is 4.74 Å². The largest absolute Gasteiger partial charge is 0.478 e. The highest BCUT2D eigenvalue weighted by molar-refractivity contribution is 5.33. The summed E-state index contributed by atoms with van der Waals surface area (Å²) in [5, 5.41) is 3.10. The first-order chi connectivity index (χ1) is 4.97. The average Bonchev–Trinajstić information content (AvgIpc) is 2.05. The van der Waals surface area contributed by atoms with Crippen LogP contribution in [0.5, 0.6) is 5.75 Å². The zero-order valence-corrected chi connectivity index (χ0v) is 5.55. The summed E-state index contributed by atoms with van der Waals surface area (Å²) in [5.41, 5.74) is 1.19. The number of rotatable bonds is 0. The van der Waals surface area contributed by atoms with E-state index < -0.39 is 0 Å². The van der Waals surface area contributed by atoms with E-state index in [2.05, 4.69) is 11.4 Å². The molecule has 1 aromatic carbocycles. The second kappa shape index (κ2) is 2.31. The summed E-state index contributed by atoms with van der Waals surface area (Å²) in [5.74, 6) is 0.984. The Morgan fingerprint density at radius 3 is 3.50 bits per heavy atom. The second-order valence-corrected chi connectivity index (χ2v) is 2.25. The molecule has 1 aromatic rings. The summed E-state index contributed by atoms with van der Waals surface area (Å²) in [6.07, 6.45) is 0. The normalized spacial score (nSPS) is 15.6. The molecule has 0 atom stereocenters. The fourth-order valence-electron chi connectivity index (χ4n) is 1.04. The summed E-state index contributed by atoms with van der Waals surface area (Å²) in [4.78, 5) is 0. The van der Waals surface area contributed by atoms with Crippen molar-refractivity contribution in [2.45, 2.75) is 6.54 Å². The summed E-state index contributed by atoms with van der Waals surface area (Å²) in [7, 11) is 0. The molecule has 0 unspecified atom stereocenters. The van der Waals surface area contributed by atoms with Gasteiger partial charge in [0.25, 0.3) is 0 Å². The molecule has 1 aliphatic heterocycles. The van der Waals surface area contributed by atoms with Gasteiger partial charge >= 0.3 is 0 Å². The maximum Gasteiger partial charge on any atom is 0.139 e. The molecule has 2 rings (SSSR count). The van der Waals surface area contributed by atoms with Crippen LogP contribution in [0.1, 0.15) is 5.56 Å². The lowest BCUT2D eigenvalue weighted by molar-refractivity contribution is 0.257. The van der Waals surface area contributed by atoms with Gasteiger partial charge in [-0.15, -0.1) is 0 Å². The molecule has 0 spiro atoms. The Balaban J connectivity index is 2.41. The van der Waals surface area contributed by atoms with Crippen LogP contribution < -0.4 is 10.1 Å². The van der Waals surface area contributed by atoms with E-state index in [1.54, 1.807) is 0 Å². The Bertz CT molecular complexity index is 209. The first-order valence-electron chi connectivity index (χ1n) is 3.29. The highest BCUT2D eigenvalue weighted by Crippen LogP contribution is 2.19. The molecule has 1 radical (unpaired) electrons. The Morgan fingerprint density at radius 2 is 2.60 bits per heavy atom. The lowest BCUT2D eigenvalue weighted by atomic mass is 10.2. The number of fused-ring (bicyclic) bond motifs is 1. The molecular weight excluding hydrogens is 126 g/mol. The van der Waals surface area contributed by atoms with Crippen molar-refractivity contribution in [2.24, 2.45) is 0 Å². The van der Waals surface area contributed by atoms with Crippen molar-refractivity contribution in [3.8, 4) is 5.75 Å². The highest BCUT2D eigenvalue weighted by atomic mass is 16.5. The number of ether oxygens (including phenoxy) is 1. The average molecular weight is 134 g/mol. The molecule has 0 saturated heterocycles. The summed E-state index contributed by atoms with van der Waals surface area (Å²) in [6, 6.07) is 8.75. The minimum atomic E-state index is 0.622. The molecule has 0 saturated carbocycles. The quantitative estimate of drug-likeness (QED) is 0.569. The maximum atomic E-state index is 5.29. The number of hydrogen-bond acceptors (Lipinski definition) is 2. The number of benzene rings is 1. The van der Waals surface area contributed by atoms with Gasteiger partial charge in [-0.3, -0.25) is 5.32 Å². The minimum absolute atomic E-state index is 0.622. The molecule has 1 N–H and O–H groups in total. The lowest BCUT2D eigenvalue weighted by Gasteiger charge is -2.17. The van der Waals surface area contributed by atoms with Crippen LogP contribution in [0.15, 0.2) is 18.2 Å². The monoisotopic (exact) mass is 134 g/mol. The zero-order chi connectivity index (χ0) is 6.81. The molecule has 1 heterocycles. The molecule has 0 fully saturated rings. The molecule has 2 heteroatoms. The van der Waals surface area contributed by atoms with Crippen LogP contribution in [0.2, 0.25) is 0 Å². The van der Waals surface area contributed by atoms with E-state index in [1.807, 2.05) is 18.2 Å². The van der Waals surface area contributed by atoms with Crippen molar-refractivity contribution in [2.75, 3.05) is 6.73 Å². The molecule has 51 valence electrons. The SMILES string of the molecule is [c]1ccc2c(c1)CNCO2. The van der Waals surface area contributed by atoms with Crippen molar-refractivity contribution in [1.29, 1.82) is 0 Å². The van der Waals surface area contributed by atoms with Gasteiger partial charge in [-0.2, -0.15) is 0 Å². The van der Waals surface area contributed by atoms with Crippen LogP contribution in [0.3, 0.4) is 0 Å². The Morgan fingerprint density at radius 1 is 1.60 bits per heavy atom. The summed E-state index contributed by atoms with van der Waals surface area (Å²) >= 11 is 0. The van der Waals surface area contributed by atoms with Crippen LogP contribution >= 0.6 is 0 Å². The predicted octanol–water partition coefficient (Wildman–Crippen LogP) is 0.926. The highest BCUT2D eigenvalue weighted by Gasteiger charge is 2.06. The van der Waals surface area contributed by atoms with Crippen molar-refractivity contribution in [1.82, 2.24) is 5.32 Å². The Kier molecular flexibility index (Phi) is 1.32. The predicted molar refractivity (Wildman–Crippen MR) is 37.6 cm³/mol. The van der Waals surface area contributed by atoms with Crippen LogP contribution in [-0.2, 0) is 6.54 Å². The fourth-order valence-corrected chi connectivity index (χ4v) is 1.04. The van der Waals surface area contributed by atoms with Gasteiger partial charge < -0.3 is 4.74 Å².